The molecule has 8 aromatic rings. The SMILES string of the molecule is COc1ccc(C[C@H]2NC(=O)[C@H]([C@@H](C)O)NC(=O)[C@@H]3CC[C@H](F)N3C(=O)[C@@H](Cc3c[nH]c4ccc(F)cc34)NC(=O)[C@@H](Cc3c[nH]c4ccc(F)cc34)NC(=O)[C@@H](C)NC(=O)c3ccc(cc3)-c3ccc(cc3)CNCc3ccc(cc3)C[C@@H](C(N)=O)NC(=O)[C@]3(C)CCCN3C2=O)cc1. The number of H-pyrrole nitrogens is 2. The van der Waals surface area contributed by atoms with E-state index in [2.05, 4.69) is 47.2 Å². The van der Waals surface area contributed by atoms with E-state index in [0.29, 0.717) is 63.3 Å². The maximum absolute atomic E-state index is 16.8. The van der Waals surface area contributed by atoms with Gasteiger partial charge in [-0.15, -0.1) is 0 Å². The number of methoxy groups -OCH3 is 1. The molecule has 6 aliphatic heterocycles. The highest BCUT2D eigenvalue weighted by Gasteiger charge is 2.50. The molecule has 23 nitrogen and oxygen atoms in total. The molecule has 2 aromatic heterocycles. The summed E-state index contributed by atoms with van der Waals surface area (Å²) in [6, 6.07) is 25.3. The van der Waals surface area contributed by atoms with E-state index < -0.39 is 138 Å². The van der Waals surface area contributed by atoms with Gasteiger partial charge in [-0.05, 0) is 152 Å². The number of amides is 9. The zero-order valence-corrected chi connectivity index (χ0v) is 55.5. The molecule has 0 unspecified atom stereocenters. The highest BCUT2D eigenvalue weighted by atomic mass is 19.1. The van der Waals surface area contributed by atoms with Crippen molar-refractivity contribution in [2.75, 3.05) is 13.7 Å². The Bertz CT molecular complexity index is 4380. The van der Waals surface area contributed by atoms with Gasteiger partial charge in [0.05, 0.1) is 13.2 Å². The third-order valence-electron chi connectivity index (χ3n) is 19.0. The lowest BCUT2D eigenvalue weighted by Gasteiger charge is -2.37. The van der Waals surface area contributed by atoms with Crippen LogP contribution >= 0.6 is 0 Å². The zero-order chi connectivity index (χ0) is 71.1. The van der Waals surface area contributed by atoms with Crippen molar-refractivity contribution in [2.24, 2.45) is 5.73 Å². The van der Waals surface area contributed by atoms with Crippen LogP contribution < -0.4 is 47.7 Å². The largest absolute Gasteiger partial charge is 0.497 e. The van der Waals surface area contributed by atoms with Crippen LogP contribution in [0, 0.1) is 11.6 Å². The van der Waals surface area contributed by atoms with E-state index in [1.54, 1.807) is 55.5 Å². The number of ether oxygens (including phenoxy) is 1. The second-order valence-corrected chi connectivity index (χ2v) is 26.0. The number of fused-ring (bicyclic) bond motifs is 5. The molecule has 6 aromatic carbocycles. The van der Waals surface area contributed by atoms with Gasteiger partial charge in [0.2, 0.25) is 47.3 Å². The second-order valence-electron chi connectivity index (χ2n) is 26.0. The van der Waals surface area contributed by atoms with Crippen molar-refractivity contribution in [2.45, 2.75) is 145 Å². The number of hydrogen-bond acceptors (Lipinski definition) is 12. The Kier molecular flexibility index (Phi) is 21.5. The number of rotatable bonds is 9. The van der Waals surface area contributed by atoms with Gasteiger partial charge in [-0.1, -0.05) is 72.8 Å². The minimum Gasteiger partial charge on any atom is -0.497 e. The fourth-order valence-corrected chi connectivity index (χ4v) is 13.3. The number of carbonyl (C=O) groups excluding carboxylic acids is 9. The van der Waals surface area contributed by atoms with E-state index in [-0.39, 0.29) is 55.2 Å². The third-order valence-corrected chi connectivity index (χ3v) is 19.0. The number of halogens is 3. The lowest BCUT2D eigenvalue weighted by Crippen LogP contribution is -2.64. The predicted molar refractivity (Wildman–Crippen MR) is 365 cm³/mol. The van der Waals surface area contributed by atoms with Gasteiger partial charge in [0.15, 0.2) is 6.30 Å². The number of alkyl halides is 1. The Labute approximate surface area is 573 Å². The topological polar surface area (TPSA) is 331 Å². The predicted octanol–water partition coefficient (Wildman–Crippen LogP) is 5.25. The van der Waals surface area contributed by atoms with E-state index >= 15 is 18.8 Å². The molecule has 2 saturated heterocycles. The summed E-state index contributed by atoms with van der Waals surface area (Å²) in [6.07, 6.45) is -2.17. The maximum Gasteiger partial charge on any atom is 0.251 e. The van der Waals surface area contributed by atoms with Gasteiger partial charge in [-0.25, -0.2) is 13.2 Å². The minimum absolute atomic E-state index is 0.0171. The first-order chi connectivity index (χ1) is 47.9. The average molecular weight is 1370 g/mol. The summed E-state index contributed by atoms with van der Waals surface area (Å²) in [7, 11) is 1.47. The number of aliphatic hydroxyl groups is 1. The molecule has 100 heavy (non-hydrogen) atoms. The molecule has 8 heterocycles. The number of nitrogens with two attached hydrogens (primary N) is 1. The highest BCUT2D eigenvalue weighted by molar-refractivity contribution is 6.01. The number of nitrogens with one attached hydrogen (secondary N) is 9. The fraction of sp³-hybridized carbons (Fsp3) is 0.338. The molecule has 12 N–H and O–H groups in total. The zero-order valence-electron chi connectivity index (χ0n) is 55.5. The van der Waals surface area contributed by atoms with Crippen molar-refractivity contribution < 1.29 is 66.2 Å². The van der Waals surface area contributed by atoms with Crippen molar-refractivity contribution in [1.29, 1.82) is 0 Å². The Morgan fingerprint density at radius 2 is 1.17 bits per heavy atom. The molecule has 0 radical (unpaired) electrons. The van der Waals surface area contributed by atoms with Gasteiger partial charge < -0.3 is 67.7 Å². The molecule has 2 fully saturated rings. The minimum atomic E-state index is -2.19. The molecule has 6 aliphatic rings. The molecule has 10 atom stereocenters. The van der Waals surface area contributed by atoms with E-state index in [0.717, 1.165) is 22.3 Å². The number of nitrogens with zero attached hydrogens (tertiary/aromatic N) is 2. The maximum atomic E-state index is 16.8. The number of primary amides is 1. The smallest absolute Gasteiger partial charge is 0.251 e. The fourth-order valence-electron chi connectivity index (χ4n) is 13.3. The normalized spacial score (nSPS) is 23.8. The van der Waals surface area contributed by atoms with E-state index in [9.17, 15) is 42.7 Å². The number of hydrogen-bond donors (Lipinski definition) is 11. The molecular formula is C74H79F3N12O11. The molecule has 522 valence electrons. The molecular weight excluding hydrogens is 1290 g/mol. The third kappa shape index (κ3) is 16.0. The number of aromatic amines is 2. The molecule has 14 rings (SSSR count). The highest BCUT2D eigenvalue weighted by Crippen LogP contribution is 2.33. The summed E-state index contributed by atoms with van der Waals surface area (Å²) < 4.78 is 52.0. The van der Waals surface area contributed by atoms with E-state index in [1.807, 2.05) is 48.5 Å². The Hall–Kier alpha value is -10.9. The van der Waals surface area contributed by atoms with Crippen LogP contribution in [0.1, 0.15) is 90.2 Å². The van der Waals surface area contributed by atoms with Gasteiger partial charge in [-0.2, -0.15) is 0 Å². The Balaban J connectivity index is 0.922. The lowest BCUT2D eigenvalue weighted by atomic mass is 9.94. The van der Waals surface area contributed by atoms with Gasteiger partial charge >= 0.3 is 0 Å². The second kappa shape index (κ2) is 30.5. The monoisotopic (exact) mass is 1370 g/mol. The quantitative estimate of drug-likeness (QED) is 0.0826. The van der Waals surface area contributed by atoms with Crippen LogP contribution in [-0.2, 0) is 77.1 Å². The van der Waals surface area contributed by atoms with E-state index in [4.69, 9.17) is 10.5 Å². The Morgan fingerprint density at radius 3 is 1.76 bits per heavy atom. The van der Waals surface area contributed by atoms with Crippen LogP contribution in [0.15, 0.2) is 146 Å². The van der Waals surface area contributed by atoms with Crippen molar-refractivity contribution >= 4 is 75.0 Å². The van der Waals surface area contributed by atoms with Crippen LogP contribution in [0.25, 0.3) is 32.9 Å². The van der Waals surface area contributed by atoms with Crippen molar-refractivity contribution in [3.05, 3.63) is 196 Å². The van der Waals surface area contributed by atoms with Crippen LogP contribution in [0.5, 0.6) is 5.75 Å². The van der Waals surface area contributed by atoms with Crippen molar-refractivity contribution in [1.82, 2.24) is 57.0 Å². The summed E-state index contributed by atoms with van der Waals surface area (Å²) in [5.74, 6) is -8.89. The lowest BCUT2D eigenvalue weighted by molar-refractivity contribution is -0.148. The first-order valence-electron chi connectivity index (χ1n) is 33.1. The van der Waals surface area contributed by atoms with Gasteiger partial charge in [0, 0.05) is 85.1 Å². The van der Waals surface area contributed by atoms with Crippen LogP contribution in [0.2, 0.25) is 0 Å². The Morgan fingerprint density at radius 1 is 0.630 bits per heavy atom. The van der Waals surface area contributed by atoms with E-state index in [1.165, 1.54) is 74.6 Å². The molecule has 0 spiro atoms. The summed E-state index contributed by atoms with van der Waals surface area (Å²) in [5, 5.41) is 31.4. The van der Waals surface area contributed by atoms with Gasteiger partial charge in [0.1, 0.15) is 65.2 Å². The van der Waals surface area contributed by atoms with Crippen molar-refractivity contribution in [3.63, 3.8) is 0 Å². The van der Waals surface area contributed by atoms with Crippen LogP contribution in [-0.4, -0.2) is 152 Å². The first-order valence-corrected chi connectivity index (χ1v) is 33.1. The summed E-state index contributed by atoms with van der Waals surface area (Å²) in [4.78, 5) is 139. The summed E-state index contributed by atoms with van der Waals surface area (Å²) in [6.45, 7) is 5.17. The first kappa shape index (κ1) is 70.5. The average Bonchev–Trinajstić information content (AvgIpc) is 1.66. The van der Waals surface area contributed by atoms with Crippen LogP contribution in [0.4, 0.5) is 13.2 Å². The number of aliphatic hydroxyl groups excluding tert-OH is 1. The van der Waals surface area contributed by atoms with Crippen molar-refractivity contribution in [3.8, 4) is 16.9 Å². The summed E-state index contributed by atoms with van der Waals surface area (Å²) >= 11 is 0. The molecule has 9 amide bonds. The standard InChI is InChI=1S/C74H79F3N12O11/c1-40-66(92)83-59(32-49-38-80-56-24-20-51(75)34-54(49)56)68(94)84-61(33-50-39-81-57-25-21-52(76)35-55(50)57)72(98)89-62(26-27-63(89)77)69(95)87-64(41(2)90)70(96)85-60(31-43-12-22-53(100-4)23-13-43)71(97)88-29-5-28-74(88,3)73(99)86-58(65(78)91)30-42-6-8-44(9-7-42)36-79-37-45-10-14-46(15-11-45)47-16-18-48(19-17-47)67(93)82-40/h6-25,34-35,38-41,58-64,79-81,90H,5,26-33,36-37H2,1-4H3,(H2,78,91)(H,82,93)(H,83,92)(H,84,94)(H,85,96)(H,86,99)(H,87,95)/t40-,41-,58+,59-,60-,61-,62+,63-,64+,74+/m1/s1. The van der Waals surface area contributed by atoms with Gasteiger partial charge in [0.25, 0.3) is 5.91 Å². The molecule has 0 aliphatic carbocycles. The number of carbonyl (C=O) groups is 9. The number of benzene rings is 6. The molecule has 6 bridgehead atoms. The molecule has 26 heteroatoms. The van der Waals surface area contributed by atoms with Crippen LogP contribution in [0.3, 0.4) is 0 Å². The van der Waals surface area contributed by atoms with Gasteiger partial charge in [-0.3, -0.25) is 48.1 Å². The number of aromatic nitrogens is 2. The summed E-state index contributed by atoms with van der Waals surface area (Å²) in [5.41, 5.74) is 10.9. The molecule has 0 saturated carbocycles.